The van der Waals surface area contributed by atoms with Crippen molar-refractivity contribution < 1.29 is 0 Å². The molecule has 25 heavy (non-hydrogen) atoms. The number of imidazole rings is 1. The number of anilines is 1. The molecule has 4 heterocycles. The van der Waals surface area contributed by atoms with Crippen LogP contribution in [0.1, 0.15) is 25.5 Å². The van der Waals surface area contributed by atoms with E-state index in [2.05, 4.69) is 44.6 Å². The van der Waals surface area contributed by atoms with Crippen LogP contribution in [0.2, 0.25) is 0 Å². The molecule has 7 nitrogen and oxygen atoms in total. The lowest BCUT2D eigenvalue weighted by atomic mass is 10.1. The van der Waals surface area contributed by atoms with Crippen molar-refractivity contribution in [1.29, 1.82) is 0 Å². The van der Waals surface area contributed by atoms with Gasteiger partial charge in [-0.15, -0.1) is 5.10 Å². The van der Waals surface area contributed by atoms with Crippen molar-refractivity contribution in [3.05, 3.63) is 42.7 Å². The first kappa shape index (κ1) is 14.4. The minimum Gasteiger partial charge on any atom is -0.353 e. The minimum atomic E-state index is 0.679. The summed E-state index contributed by atoms with van der Waals surface area (Å²) in [6, 6.07) is 2.06. The Kier molecular flexibility index (Phi) is 3.19. The molecule has 7 heteroatoms. The van der Waals surface area contributed by atoms with Gasteiger partial charge in [0.25, 0.3) is 0 Å². The summed E-state index contributed by atoms with van der Waals surface area (Å²) >= 11 is 0. The molecule has 1 aliphatic carbocycles. The van der Waals surface area contributed by atoms with Crippen LogP contribution in [0.5, 0.6) is 0 Å². The standard InChI is InChI=1S/C18H19N7/c1-2-14-9-22-18-21-8-13(11-24(14)18)15-5-6-25-16(15)10-20-17(23-25)19-7-12-3-4-12/h5-6,8-12H,2-4,7H2,1H3,(H,19,23). The summed E-state index contributed by atoms with van der Waals surface area (Å²) in [5.74, 6) is 2.20. The lowest BCUT2D eigenvalue weighted by molar-refractivity contribution is 0.842. The van der Waals surface area contributed by atoms with Gasteiger partial charge >= 0.3 is 0 Å². The van der Waals surface area contributed by atoms with Gasteiger partial charge in [0.15, 0.2) is 0 Å². The Labute approximate surface area is 144 Å². The molecule has 5 rings (SSSR count). The molecule has 0 atom stereocenters. The SMILES string of the molecule is CCc1cnc2ncc(-c3ccn4nc(NCC5CC5)ncc34)cn12. The molecule has 0 spiro atoms. The van der Waals surface area contributed by atoms with Gasteiger partial charge in [0.05, 0.1) is 17.9 Å². The van der Waals surface area contributed by atoms with Crippen LogP contribution < -0.4 is 5.32 Å². The summed E-state index contributed by atoms with van der Waals surface area (Å²) in [7, 11) is 0. The highest BCUT2D eigenvalue weighted by Crippen LogP contribution is 2.29. The van der Waals surface area contributed by atoms with Gasteiger partial charge in [-0.05, 0) is 31.2 Å². The van der Waals surface area contributed by atoms with E-state index in [1.54, 1.807) is 0 Å². The van der Waals surface area contributed by atoms with Crippen LogP contribution >= 0.6 is 0 Å². The second kappa shape index (κ2) is 5.54. The Hall–Kier alpha value is -2.96. The molecular formula is C18H19N7. The summed E-state index contributed by atoms with van der Waals surface area (Å²) in [5, 5.41) is 7.88. The van der Waals surface area contributed by atoms with Crippen molar-refractivity contribution in [2.24, 2.45) is 5.92 Å². The highest BCUT2D eigenvalue weighted by molar-refractivity contribution is 5.79. The van der Waals surface area contributed by atoms with Gasteiger partial charge in [-0.3, -0.25) is 4.40 Å². The second-order valence-electron chi connectivity index (χ2n) is 6.58. The molecule has 1 aliphatic rings. The average Bonchev–Trinajstić information content (AvgIpc) is 3.24. The summed E-state index contributed by atoms with van der Waals surface area (Å²) in [6.07, 6.45) is 13.2. The average molecular weight is 333 g/mol. The molecule has 1 fully saturated rings. The van der Waals surface area contributed by atoms with Crippen molar-refractivity contribution in [3.8, 4) is 11.1 Å². The van der Waals surface area contributed by atoms with E-state index in [1.165, 1.54) is 12.8 Å². The van der Waals surface area contributed by atoms with Gasteiger partial charge in [0.1, 0.15) is 0 Å². The van der Waals surface area contributed by atoms with E-state index in [0.717, 1.165) is 47.0 Å². The first-order valence-corrected chi connectivity index (χ1v) is 8.72. The lowest BCUT2D eigenvalue weighted by Crippen LogP contribution is -2.08. The first-order chi connectivity index (χ1) is 12.3. The predicted octanol–water partition coefficient (Wildman–Crippen LogP) is 2.82. The van der Waals surface area contributed by atoms with E-state index in [0.29, 0.717) is 5.95 Å². The van der Waals surface area contributed by atoms with E-state index < -0.39 is 0 Å². The Morgan fingerprint density at radius 1 is 1.16 bits per heavy atom. The molecule has 0 amide bonds. The maximum absolute atomic E-state index is 4.56. The van der Waals surface area contributed by atoms with Crippen LogP contribution in [0.25, 0.3) is 22.4 Å². The molecule has 0 saturated heterocycles. The monoisotopic (exact) mass is 333 g/mol. The van der Waals surface area contributed by atoms with Crippen molar-refractivity contribution in [2.45, 2.75) is 26.2 Å². The minimum absolute atomic E-state index is 0.679. The number of nitrogens with one attached hydrogen (secondary N) is 1. The predicted molar refractivity (Wildman–Crippen MR) is 95.6 cm³/mol. The number of aryl methyl sites for hydroxylation is 1. The largest absolute Gasteiger partial charge is 0.353 e. The van der Waals surface area contributed by atoms with Gasteiger partial charge in [0.2, 0.25) is 11.7 Å². The molecule has 4 aromatic rings. The number of aromatic nitrogens is 6. The van der Waals surface area contributed by atoms with E-state index in [1.807, 2.05) is 33.7 Å². The summed E-state index contributed by atoms with van der Waals surface area (Å²) in [5.41, 5.74) is 4.22. The van der Waals surface area contributed by atoms with Gasteiger partial charge in [0, 0.05) is 42.0 Å². The number of rotatable bonds is 5. The highest BCUT2D eigenvalue weighted by atomic mass is 15.3. The molecule has 4 aromatic heterocycles. The van der Waals surface area contributed by atoms with Gasteiger partial charge in [-0.25, -0.2) is 19.5 Å². The summed E-state index contributed by atoms with van der Waals surface area (Å²) in [4.78, 5) is 13.3. The smallest absolute Gasteiger partial charge is 0.241 e. The fourth-order valence-corrected chi connectivity index (χ4v) is 3.10. The topological polar surface area (TPSA) is 72.4 Å². The fraction of sp³-hybridized carbons (Fsp3) is 0.333. The molecule has 0 aliphatic heterocycles. The zero-order valence-electron chi connectivity index (χ0n) is 14.1. The third-order valence-corrected chi connectivity index (χ3v) is 4.78. The van der Waals surface area contributed by atoms with E-state index >= 15 is 0 Å². The van der Waals surface area contributed by atoms with Crippen molar-refractivity contribution in [3.63, 3.8) is 0 Å². The second-order valence-corrected chi connectivity index (χ2v) is 6.58. The van der Waals surface area contributed by atoms with E-state index in [9.17, 15) is 0 Å². The number of nitrogens with zero attached hydrogens (tertiary/aromatic N) is 6. The Bertz CT molecular complexity index is 1060. The molecule has 0 unspecified atom stereocenters. The molecule has 1 N–H and O–H groups in total. The van der Waals surface area contributed by atoms with Crippen molar-refractivity contribution in [1.82, 2.24) is 29.0 Å². The van der Waals surface area contributed by atoms with Crippen LogP contribution in [0.15, 0.2) is 37.1 Å². The maximum atomic E-state index is 4.56. The molecule has 0 aromatic carbocycles. The summed E-state index contributed by atoms with van der Waals surface area (Å²) in [6.45, 7) is 3.08. The summed E-state index contributed by atoms with van der Waals surface area (Å²) < 4.78 is 3.92. The van der Waals surface area contributed by atoms with Gasteiger partial charge in [-0.1, -0.05) is 6.92 Å². The molecule has 0 bridgehead atoms. The molecular weight excluding hydrogens is 314 g/mol. The van der Waals surface area contributed by atoms with Crippen molar-refractivity contribution >= 4 is 17.2 Å². The zero-order chi connectivity index (χ0) is 16.8. The van der Waals surface area contributed by atoms with Crippen LogP contribution in [0.4, 0.5) is 5.95 Å². The first-order valence-electron chi connectivity index (χ1n) is 8.72. The van der Waals surface area contributed by atoms with Crippen LogP contribution in [0, 0.1) is 5.92 Å². The normalized spacial score (nSPS) is 14.4. The van der Waals surface area contributed by atoms with Crippen LogP contribution in [-0.4, -0.2) is 35.5 Å². The lowest BCUT2D eigenvalue weighted by Gasteiger charge is -2.05. The zero-order valence-corrected chi connectivity index (χ0v) is 14.1. The Morgan fingerprint density at radius 2 is 2.04 bits per heavy atom. The van der Waals surface area contributed by atoms with Gasteiger partial charge < -0.3 is 5.32 Å². The van der Waals surface area contributed by atoms with E-state index in [-0.39, 0.29) is 0 Å². The highest BCUT2D eigenvalue weighted by Gasteiger charge is 2.21. The van der Waals surface area contributed by atoms with Crippen LogP contribution in [-0.2, 0) is 6.42 Å². The third-order valence-electron chi connectivity index (χ3n) is 4.78. The quantitative estimate of drug-likeness (QED) is 0.608. The maximum Gasteiger partial charge on any atom is 0.241 e. The number of hydrogen-bond acceptors (Lipinski definition) is 5. The van der Waals surface area contributed by atoms with Gasteiger partial charge in [-0.2, -0.15) is 0 Å². The molecule has 1 saturated carbocycles. The Balaban J connectivity index is 1.53. The van der Waals surface area contributed by atoms with E-state index in [4.69, 9.17) is 0 Å². The van der Waals surface area contributed by atoms with Crippen LogP contribution in [0.3, 0.4) is 0 Å². The Morgan fingerprint density at radius 3 is 2.88 bits per heavy atom. The molecule has 0 radical (unpaired) electrons. The number of fused-ring (bicyclic) bond motifs is 2. The fourth-order valence-electron chi connectivity index (χ4n) is 3.10. The third kappa shape index (κ3) is 2.52. The molecule has 126 valence electrons. The van der Waals surface area contributed by atoms with Crippen molar-refractivity contribution in [2.75, 3.05) is 11.9 Å². The number of hydrogen-bond donors (Lipinski definition) is 1.